The maximum atomic E-state index is 11.5. The van der Waals surface area contributed by atoms with Gasteiger partial charge in [-0.25, -0.2) is 8.42 Å². The third-order valence-electron chi connectivity index (χ3n) is 1.90. The van der Waals surface area contributed by atoms with Crippen molar-refractivity contribution in [1.29, 1.82) is 0 Å². The van der Waals surface area contributed by atoms with Gasteiger partial charge in [0.25, 0.3) is 0 Å². The molecule has 6 heteroatoms. The number of anilines is 1. The fraction of sp³-hybridized carbons (Fsp3) is 0.300. The normalized spacial score (nSPS) is 11.2. The Morgan fingerprint density at radius 2 is 2.06 bits per heavy atom. The van der Waals surface area contributed by atoms with Crippen LogP contribution in [-0.4, -0.2) is 20.5 Å². The van der Waals surface area contributed by atoms with Gasteiger partial charge < -0.3 is 0 Å². The molecule has 0 aromatic heterocycles. The minimum absolute atomic E-state index is 0.0240. The molecule has 1 aromatic carbocycles. The summed E-state index contributed by atoms with van der Waals surface area (Å²) in [6.45, 7) is 1.76. The largest absolute Gasteiger partial charge is 0.294 e. The van der Waals surface area contributed by atoms with Gasteiger partial charge in [-0.1, -0.05) is 13.0 Å². The lowest BCUT2D eigenvalue weighted by Gasteiger charge is -2.08. The van der Waals surface area contributed by atoms with E-state index in [0.717, 1.165) is 6.26 Å². The van der Waals surface area contributed by atoms with E-state index in [1.54, 1.807) is 19.1 Å². The van der Waals surface area contributed by atoms with Crippen molar-refractivity contribution < 1.29 is 13.2 Å². The Hall–Kier alpha value is -0.880. The van der Waals surface area contributed by atoms with Crippen molar-refractivity contribution in [2.24, 2.45) is 0 Å². The SMILES string of the molecule is CCC(=O)c1ccc(Br)c(NS(C)(=O)=O)c1. The topological polar surface area (TPSA) is 63.2 Å². The van der Waals surface area contributed by atoms with Gasteiger partial charge in [0.05, 0.1) is 11.9 Å². The van der Waals surface area contributed by atoms with E-state index in [1.807, 2.05) is 0 Å². The molecule has 0 saturated carbocycles. The standard InChI is InChI=1S/C10H12BrNO3S/c1-3-10(13)7-4-5-8(11)9(6-7)12-16(2,14)15/h4-6,12H,3H2,1-2H3. The highest BCUT2D eigenvalue weighted by Crippen LogP contribution is 2.24. The zero-order valence-corrected chi connectivity index (χ0v) is 11.4. The summed E-state index contributed by atoms with van der Waals surface area (Å²) in [6, 6.07) is 4.83. The molecule has 88 valence electrons. The first-order chi connectivity index (χ1) is 7.33. The first-order valence-electron chi connectivity index (χ1n) is 4.64. The van der Waals surface area contributed by atoms with E-state index >= 15 is 0 Å². The third-order valence-corrected chi connectivity index (χ3v) is 3.19. The molecular formula is C10H12BrNO3S. The maximum Gasteiger partial charge on any atom is 0.229 e. The second kappa shape index (κ2) is 4.97. The summed E-state index contributed by atoms with van der Waals surface area (Å²) >= 11 is 3.22. The molecule has 0 heterocycles. The van der Waals surface area contributed by atoms with Gasteiger partial charge >= 0.3 is 0 Å². The molecule has 0 aliphatic heterocycles. The molecule has 16 heavy (non-hydrogen) atoms. The molecule has 1 rings (SSSR count). The summed E-state index contributed by atoms with van der Waals surface area (Å²) in [5, 5.41) is 0. The number of carbonyl (C=O) groups is 1. The molecule has 0 saturated heterocycles. The number of nitrogens with one attached hydrogen (secondary N) is 1. The predicted molar refractivity (Wildman–Crippen MR) is 67.2 cm³/mol. The Bertz CT molecular complexity index is 511. The zero-order chi connectivity index (χ0) is 12.3. The molecule has 0 amide bonds. The molecule has 0 unspecified atom stereocenters. The van der Waals surface area contributed by atoms with Gasteiger partial charge in [-0.2, -0.15) is 0 Å². The smallest absolute Gasteiger partial charge is 0.229 e. The molecule has 0 aliphatic rings. The van der Waals surface area contributed by atoms with E-state index in [9.17, 15) is 13.2 Å². The maximum absolute atomic E-state index is 11.5. The van der Waals surface area contributed by atoms with Crippen LogP contribution >= 0.6 is 15.9 Å². The lowest BCUT2D eigenvalue weighted by molar-refractivity contribution is 0.0988. The van der Waals surface area contributed by atoms with E-state index in [4.69, 9.17) is 0 Å². The Morgan fingerprint density at radius 3 is 2.56 bits per heavy atom. The highest BCUT2D eigenvalue weighted by molar-refractivity contribution is 9.10. The molecule has 1 aromatic rings. The summed E-state index contributed by atoms with van der Waals surface area (Å²) in [4.78, 5) is 11.5. The first-order valence-corrected chi connectivity index (χ1v) is 7.32. The van der Waals surface area contributed by atoms with Crippen molar-refractivity contribution in [3.05, 3.63) is 28.2 Å². The second-order valence-corrected chi connectivity index (χ2v) is 5.95. The molecule has 4 nitrogen and oxygen atoms in total. The summed E-state index contributed by atoms with van der Waals surface area (Å²) in [7, 11) is -3.34. The van der Waals surface area contributed by atoms with E-state index in [2.05, 4.69) is 20.7 Å². The number of sulfonamides is 1. The van der Waals surface area contributed by atoms with Crippen molar-refractivity contribution >= 4 is 37.4 Å². The van der Waals surface area contributed by atoms with Gasteiger partial charge in [0.2, 0.25) is 10.0 Å². The number of Topliss-reactive ketones (excluding diaryl/α,β-unsaturated/α-hetero) is 1. The molecule has 0 fully saturated rings. The van der Waals surface area contributed by atoms with Crippen LogP contribution in [-0.2, 0) is 10.0 Å². The van der Waals surface area contributed by atoms with Crippen molar-refractivity contribution in [2.45, 2.75) is 13.3 Å². The van der Waals surface area contributed by atoms with Crippen LogP contribution in [0.5, 0.6) is 0 Å². The molecule has 0 bridgehead atoms. The number of halogens is 1. The second-order valence-electron chi connectivity index (χ2n) is 3.35. The van der Waals surface area contributed by atoms with Crippen LogP contribution in [0.3, 0.4) is 0 Å². The lowest BCUT2D eigenvalue weighted by atomic mass is 10.1. The molecular weight excluding hydrogens is 294 g/mol. The third kappa shape index (κ3) is 3.61. The molecule has 0 spiro atoms. The monoisotopic (exact) mass is 305 g/mol. The van der Waals surface area contributed by atoms with Crippen molar-refractivity contribution in [1.82, 2.24) is 0 Å². The highest BCUT2D eigenvalue weighted by Gasteiger charge is 2.09. The Morgan fingerprint density at radius 1 is 1.44 bits per heavy atom. The summed E-state index contributed by atoms with van der Waals surface area (Å²) < 4.78 is 25.1. The average molecular weight is 306 g/mol. The van der Waals surface area contributed by atoms with Crippen LogP contribution in [0.4, 0.5) is 5.69 Å². The minimum Gasteiger partial charge on any atom is -0.294 e. The average Bonchev–Trinajstić information content (AvgIpc) is 2.18. The number of carbonyl (C=O) groups excluding carboxylic acids is 1. The van der Waals surface area contributed by atoms with Gasteiger partial charge in [0.15, 0.2) is 5.78 Å². The quantitative estimate of drug-likeness (QED) is 0.869. The van der Waals surface area contributed by atoms with Crippen LogP contribution in [0.15, 0.2) is 22.7 Å². The van der Waals surface area contributed by atoms with Crippen LogP contribution < -0.4 is 4.72 Å². The van der Waals surface area contributed by atoms with Crippen molar-refractivity contribution in [2.75, 3.05) is 11.0 Å². The highest BCUT2D eigenvalue weighted by atomic mass is 79.9. The summed E-state index contributed by atoms with van der Waals surface area (Å²) in [6.07, 6.45) is 1.45. The van der Waals surface area contributed by atoms with E-state index in [0.29, 0.717) is 22.1 Å². The number of ketones is 1. The lowest BCUT2D eigenvalue weighted by Crippen LogP contribution is -2.10. The summed E-state index contributed by atoms with van der Waals surface area (Å²) in [5.74, 6) is -0.0240. The molecule has 0 atom stereocenters. The Balaban J connectivity index is 3.14. The number of rotatable bonds is 4. The Labute approximate surface area is 103 Å². The predicted octanol–water partition coefficient (Wildman–Crippen LogP) is 2.41. The van der Waals surface area contributed by atoms with E-state index in [1.165, 1.54) is 6.07 Å². The number of benzene rings is 1. The van der Waals surface area contributed by atoms with Crippen LogP contribution in [0.1, 0.15) is 23.7 Å². The van der Waals surface area contributed by atoms with Gasteiger partial charge in [0.1, 0.15) is 0 Å². The summed E-state index contributed by atoms with van der Waals surface area (Å²) in [5.41, 5.74) is 0.874. The van der Waals surface area contributed by atoms with Crippen LogP contribution in [0, 0.1) is 0 Å². The van der Waals surface area contributed by atoms with Crippen LogP contribution in [0.2, 0.25) is 0 Å². The number of hydrogen-bond acceptors (Lipinski definition) is 3. The fourth-order valence-corrected chi connectivity index (χ4v) is 2.23. The van der Waals surface area contributed by atoms with Gasteiger partial charge in [-0.15, -0.1) is 0 Å². The van der Waals surface area contributed by atoms with Gasteiger partial charge in [-0.3, -0.25) is 9.52 Å². The van der Waals surface area contributed by atoms with Crippen molar-refractivity contribution in [3.63, 3.8) is 0 Å². The molecule has 0 aliphatic carbocycles. The van der Waals surface area contributed by atoms with E-state index < -0.39 is 10.0 Å². The minimum atomic E-state index is -3.34. The number of hydrogen-bond donors (Lipinski definition) is 1. The van der Waals surface area contributed by atoms with Gasteiger partial charge in [0, 0.05) is 16.5 Å². The van der Waals surface area contributed by atoms with E-state index in [-0.39, 0.29) is 5.78 Å². The molecule has 1 N–H and O–H groups in total. The molecule has 0 radical (unpaired) electrons. The first kappa shape index (κ1) is 13.2. The fourth-order valence-electron chi connectivity index (χ4n) is 1.18. The van der Waals surface area contributed by atoms with Crippen molar-refractivity contribution in [3.8, 4) is 0 Å². The van der Waals surface area contributed by atoms with Gasteiger partial charge in [-0.05, 0) is 28.1 Å². The Kier molecular flexibility index (Phi) is 4.09. The van der Waals surface area contributed by atoms with Crippen LogP contribution in [0.25, 0.3) is 0 Å². The zero-order valence-electron chi connectivity index (χ0n) is 8.95.